The zero-order valence-corrected chi connectivity index (χ0v) is 15.0. The van der Waals surface area contributed by atoms with E-state index in [0.29, 0.717) is 11.5 Å². The molecule has 2 N–H and O–H groups in total. The first-order chi connectivity index (χ1) is 12.1. The summed E-state index contributed by atoms with van der Waals surface area (Å²) in [4.78, 5) is 25.6. The molecule has 0 saturated carbocycles. The summed E-state index contributed by atoms with van der Waals surface area (Å²) in [5, 5.41) is 7.45. The number of rotatable bonds is 2. The van der Waals surface area contributed by atoms with Crippen LogP contribution in [-0.2, 0) is 17.6 Å². The maximum Gasteiger partial charge on any atom is 0.337 e. The Kier molecular flexibility index (Phi) is 4.00. The van der Waals surface area contributed by atoms with Crippen molar-refractivity contribution in [3.63, 3.8) is 0 Å². The first-order valence-corrected chi connectivity index (χ1v) is 9.28. The Hall–Kier alpha value is -2.34. The SMILES string of the molecule is COC(=O)c1ccc([C@H]2NC(=O)c3c(sc4c3CC[C@@H](C)C4)N2)cc1. The fourth-order valence-electron chi connectivity index (χ4n) is 3.56. The topological polar surface area (TPSA) is 67.4 Å². The molecule has 0 bridgehead atoms. The van der Waals surface area contributed by atoms with Crippen LogP contribution in [0.5, 0.6) is 0 Å². The summed E-state index contributed by atoms with van der Waals surface area (Å²) in [5.41, 5.74) is 3.46. The summed E-state index contributed by atoms with van der Waals surface area (Å²) >= 11 is 1.71. The highest BCUT2D eigenvalue weighted by Gasteiger charge is 2.33. The quantitative estimate of drug-likeness (QED) is 0.808. The highest BCUT2D eigenvalue weighted by Crippen LogP contribution is 2.42. The van der Waals surface area contributed by atoms with Crippen LogP contribution < -0.4 is 10.6 Å². The molecule has 0 radical (unpaired) electrons. The van der Waals surface area contributed by atoms with Crippen LogP contribution in [0.25, 0.3) is 0 Å². The van der Waals surface area contributed by atoms with E-state index in [4.69, 9.17) is 4.74 Å². The number of carbonyl (C=O) groups excluding carboxylic acids is 2. The van der Waals surface area contributed by atoms with Gasteiger partial charge in [-0.25, -0.2) is 4.79 Å². The zero-order valence-electron chi connectivity index (χ0n) is 14.2. The predicted molar refractivity (Wildman–Crippen MR) is 97.1 cm³/mol. The summed E-state index contributed by atoms with van der Waals surface area (Å²) < 4.78 is 4.72. The van der Waals surface area contributed by atoms with Gasteiger partial charge < -0.3 is 15.4 Å². The molecule has 5 nitrogen and oxygen atoms in total. The molecule has 2 heterocycles. The lowest BCUT2D eigenvalue weighted by molar-refractivity contribution is 0.0600. The predicted octanol–water partition coefficient (Wildman–Crippen LogP) is 3.51. The Balaban J connectivity index is 1.61. The fraction of sp³-hybridized carbons (Fsp3) is 0.368. The highest BCUT2D eigenvalue weighted by atomic mass is 32.1. The number of methoxy groups -OCH3 is 1. The molecule has 1 amide bonds. The number of amides is 1. The van der Waals surface area contributed by atoms with E-state index in [1.165, 1.54) is 17.6 Å². The van der Waals surface area contributed by atoms with Gasteiger partial charge >= 0.3 is 5.97 Å². The molecule has 2 atom stereocenters. The van der Waals surface area contributed by atoms with Crippen molar-refractivity contribution in [2.24, 2.45) is 5.92 Å². The second-order valence-corrected chi connectivity index (χ2v) is 7.83. The first kappa shape index (κ1) is 16.1. The van der Waals surface area contributed by atoms with Crippen LogP contribution in [0.15, 0.2) is 24.3 Å². The minimum Gasteiger partial charge on any atom is -0.465 e. The average molecular weight is 356 g/mol. The monoisotopic (exact) mass is 356 g/mol. The molecule has 2 aliphatic rings. The normalized spacial score (nSPS) is 21.6. The average Bonchev–Trinajstić information content (AvgIpc) is 2.98. The van der Waals surface area contributed by atoms with Crippen LogP contribution in [0.3, 0.4) is 0 Å². The maximum atomic E-state index is 12.7. The van der Waals surface area contributed by atoms with Gasteiger partial charge in [0.1, 0.15) is 11.2 Å². The number of thiophene rings is 1. The van der Waals surface area contributed by atoms with Gasteiger partial charge in [-0.05, 0) is 48.4 Å². The molecule has 2 aromatic rings. The van der Waals surface area contributed by atoms with Gasteiger partial charge in [0.2, 0.25) is 0 Å². The summed E-state index contributed by atoms with van der Waals surface area (Å²) in [6.07, 6.45) is 2.89. The van der Waals surface area contributed by atoms with Crippen molar-refractivity contribution in [1.29, 1.82) is 0 Å². The summed E-state index contributed by atoms with van der Waals surface area (Å²) in [7, 11) is 1.36. The Bertz CT molecular complexity index is 841. The molecule has 0 fully saturated rings. The number of anilines is 1. The Morgan fingerprint density at radius 1 is 1.24 bits per heavy atom. The highest BCUT2D eigenvalue weighted by molar-refractivity contribution is 7.16. The number of nitrogens with one attached hydrogen (secondary N) is 2. The van der Waals surface area contributed by atoms with Crippen LogP contribution in [0.4, 0.5) is 5.00 Å². The van der Waals surface area contributed by atoms with Crippen LogP contribution in [0.2, 0.25) is 0 Å². The minimum absolute atomic E-state index is 0.0113. The van der Waals surface area contributed by atoms with E-state index in [9.17, 15) is 9.59 Å². The number of hydrogen-bond donors (Lipinski definition) is 2. The van der Waals surface area contributed by atoms with Crippen molar-refractivity contribution in [2.75, 3.05) is 12.4 Å². The lowest BCUT2D eigenvalue weighted by Gasteiger charge is -2.27. The largest absolute Gasteiger partial charge is 0.465 e. The van der Waals surface area contributed by atoms with Crippen molar-refractivity contribution in [3.05, 3.63) is 51.4 Å². The maximum absolute atomic E-state index is 12.7. The van der Waals surface area contributed by atoms with Gasteiger partial charge in [0.05, 0.1) is 18.2 Å². The number of carbonyl (C=O) groups is 2. The van der Waals surface area contributed by atoms with Gasteiger partial charge in [0, 0.05) is 4.88 Å². The fourth-order valence-corrected chi connectivity index (χ4v) is 5.00. The lowest BCUT2D eigenvalue weighted by Crippen LogP contribution is -2.38. The first-order valence-electron chi connectivity index (χ1n) is 8.47. The summed E-state index contributed by atoms with van der Waals surface area (Å²) in [6.45, 7) is 2.26. The lowest BCUT2D eigenvalue weighted by atomic mass is 9.88. The van der Waals surface area contributed by atoms with Gasteiger partial charge in [-0.3, -0.25) is 4.79 Å². The molecule has 1 aromatic carbocycles. The van der Waals surface area contributed by atoms with Crippen molar-refractivity contribution in [2.45, 2.75) is 32.4 Å². The molecule has 0 spiro atoms. The van der Waals surface area contributed by atoms with E-state index < -0.39 is 0 Å². The third-order valence-corrected chi connectivity index (χ3v) is 6.14. The molecule has 0 saturated heterocycles. The Morgan fingerprint density at radius 2 is 2.00 bits per heavy atom. The number of fused-ring (bicyclic) bond motifs is 3. The Labute approximate surface area is 150 Å². The standard InChI is InChI=1S/C19H20N2O3S/c1-10-3-8-13-14(9-10)25-18-15(13)17(22)20-16(21-18)11-4-6-12(7-5-11)19(23)24-2/h4-7,10,16,21H,3,8-9H2,1-2H3,(H,20,22)/t10-,16+/m1/s1. The second kappa shape index (κ2) is 6.19. The number of esters is 1. The van der Waals surface area contributed by atoms with Crippen molar-refractivity contribution < 1.29 is 14.3 Å². The number of benzene rings is 1. The van der Waals surface area contributed by atoms with E-state index in [1.54, 1.807) is 23.5 Å². The number of ether oxygens (including phenoxy) is 1. The van der Waals surface area contributed by atoms with Crippen LogP contribution in [0.1, 0.15) is 56.2 Å². The zero-order chi connectivity index (χ0) is 17.6. The molecule has 1 aromatic heterocycles. The van der Waals surface area contributed by atoms with Crippen molar-refractivity contribution >= 4 is 28.2 Å². The molecule has 4 rings (SSSR count). The molecule has 1 aliphatic carbocycles. The molecule has 25 heavy (non-hydrogen) atoms. The smallest absolute Gasteiger partial charge is 0.337 e. The molecular weight excluding hydrogens is 336 g/mol. The third kappa shape index (κ3) is 2.80. The van der Waals surface area contributed by atoms with E-state index in [1.807, 2.05) is 12.1 Å². The van der Waals surface area contributed by atoms with Crippen molar-refractivity contribution in [1.82, 2.24) is 5.32 Å². The molecule has 6 heteroatoms. The van der Waals surface area contributed by atoms with E-state index in [2.05, 4.69) is 17.6 Å². The van der Waals surface area contributed by atoms with Crippen LogP contribution in [-0.4, -0.2) is 19.0 Å². The third-order valence-electron chi connectivity index (χ3n) is 4.95. The second-order valence-electron chi connectivity index (χ2n) is 6.72. The number of hydrogen-bond acceptors (Lipinski definition) is 5. The molecule has 0 unspecified atom stereocenters. The molecule has 1 aliphatic heterocycles. The van der Waals surface area contributed by atoms with E-state index >= 15 is 0 Å². The molecular formula is C19H20N2O3S. The van der Waals surface area contributed by atoms with Gasteiger partial charge in [-0.15, -0.1) is 11.3 Å². The van der Waals surface area contributed by atoms with Gasteiger partial charge in [-0.2, -0.15) is 0 Å². The van der Waals surface area contributed by atoms with Gasteiger partial charge in [-0.1, -0.05) is 19.1 Å². The summed E-state index contributed by atoms with van der Waals surface area (Å²) in [5.74, 6) is 0.301. The van der Waals surface area contributed by atoms with E-state index in [-0.39, 0.29) is 18.0 Å². The van der Waals surface area contributed by atoms with Crippen LogP contribution in [0, 0.1) is 5.92 Å². The van der Waals surface area contributed by atoms with E-state index in [0.717, 1.165) is 35.4 Å². The van der Waals surface area contributed by atoms with Gasteiger partial charge in [0.15, 0.2) is 0 Å². The van der Waals surface area contributed by atoms with Crippen LogP contribution >= 0.6 is 11.3 Å². The van der Waals surface area contributed by atoms with Crippen molar-refractivity contribution in [3.8, 4) is 0 Å². The van der Waals surface area contributed by atoms with Gasteiger partial charge in [0.25, 0.3) is 5.91 Å². The summed E-state index contributed by atoms with van der Waals surface area (Å²) in [6, 6.07) is 7.10. The molecule has 130 valence electrons. The minimum atomic E-state index is -0.366. The Morgan fingerprint density at radius 3 is 2.72 bits per heavy atom.